The Hall–Kier alpha value is -2.88. The highest BCUT2D eigenvalue weighted by Crippen LogP contribution is 2.31. The van der Waals surface area contributed by atoms with Gasteiger partial charge in [0.1, 0.15) is 5.52 Å². The van der Waals surface area contributed by atoms with Gasteiger partial charge in [-0.25, -0.2) is 4.98 Å². The lowest BCUT2D eigenvalue weighted by Gasteiger charge is -2.04. The molecule has 0 fully saturated rings. The number of nitrogens with two attached hydrogens (primary N) is 1. The van der Waals surface area contributed by atoms with Crippen LogP contribution in [0.15, 0.2) is 52.9 Å². The number of anilines is 1. The van der Waals surface area contributed by atoms with Gasteiger partial charge in [-0.15, -0.1) is 0 Å². The van der Waals surface area contributed by atoms with Crippen molar-refractivity contribution >= 4 is 27.7 Å². The maximum Gasteiger partial charge on any atom is 0.228 e. The van der Waals surface area contributed by atoms with E-state index in [9.17, 15) is 0 Å². The van der Waals surface area contributed by atoms with Crippen LogP contribution in [0.3, 0.4) is 0 Å². The molecule has 0 radical (unpaired) electrons. The lowest BCUT2D eigenvalue weighted by molar-refractivity contribution is 0.620. The number of oxazole rings is 1. The SMILES string of the molecule is Cc1cc(-c2nc3c(N)cccc3o2)c2ccccc2n1. The Morgan fingerprint density at radius 3 is 2.71 bits per heavy atom. The fourth-order valence-corrected chi connectivity index (χ4v) is 2.57. The number of rotatable bonds is 1. The minimum atomic E-state index is 0.574. The van der Waals surface area contributed by atoms with Crippen LogP contribution in [0, 0.1) is 6.92 Å². The van der Waals surface area contributed by atoms with Crippen molar-refractivity contribution in [2.45, 2.75) is 6.92 Å². The van der Waals surface area contributed by atoms with E-state index in [2.05, 4.69) is 9.97 Å². The fourth-order valence-electron chi connectivity index (χ4n) is 2.57. The average Bonchev–Trinajstić information content (AvgIpc) is 2.92. The molecule has 0 aliphatic carbocycles. The molecule has 2 N–H and O–H groups in total. The third-order valence-electron chi connectivity index (χ3n) is 3.52. The summed E-state index contributed by atoms with van der Waals surface area (Å²) in [7, 11) is 0. The standard InChI is InChI=1S/C17H13N3O/c1-10-9-12(11-5-2-3-7-14(11)19-10)17-20-16-13(18)6-4-8-15(16)21-17/h2-9H,18H2,1H3. The van der Waals surface area contributed by atoms with Gasteiger partial charge in [0.2, 0.25) is 5.89 Å². The van der Waals surface area contributed by atoms with E-state index in [-0.39, 0.29) is 0 Å². The molecule has 0 saturated carbocycles. The van der Waals surface area contributed by atoms with E-state index in [4.69, 9.17) is 10.2 Å². The molecular weight excluding hydrogens is 262 g/mol. The number of aryl methyl sites for hydroxylation is 1. The Balaban J connectivity index is 2.06. The fraction of sp³-hybridized carbons (Fsp3) is 0.0588. The van der Waals surface area contributed by atoms with Gasteiger partial charge in [-0.2, -0.15) is 0 Å². The van der Waals surface area contributed by atoms with E-state index in [1.807, 2.05) is 55.5 Å². The molecule has 4 heteroatoms. The van der Waals surface area contributed by atoms with Gasteiger partial charge in [-0.1, -0.05) is 24.3 Å². The Morgan fingerprint density at radius 2 is 1.86 bits per heavy atom. The van der Waals surface area contributed by atoms with Crippen molar-refractivity contribution in [3.63, 3.8) is 0 Å². The zero-order chi connectivity index (χ0) is 14.4. The van der Waals surface area contributed by atoms with Crippen molar-refractivity contribution < 1.29 is 4.42 Å². The maximum absolute atomic E-state index is 5.96. The van der Waals surface area contributed by atoms with E-state index >= 15 is 0 Å². The Bertz CT molecular complexity index is 972. The lowest BCUT2D eigenvalue weighted by Crippen LogP contribution is -1.88. The number of para-hydroxylation sites is 2. The molecule has 4 rings (SSSR count). The smallest absolute Gasteiger partial charge is 0.228 e. The van der Waals surface area contributed by atoms with Crippen LogP contribution in [0.1, 0.15) is 5.69 Å². The molecule has 2 heterocycles. The van der Waals surface area contributed by atoms with Crippen LogP contribution in [0.2, 0.25) is 0 Å². The molecule has 0 unspecified atom stereocenters. The van der Waals surface area contributed by atoms with Gasteiger partial charge in [-0.05, 0) is 31.2 Å². The van der Waals surface area contributed by atoms with Crippen LogP contribution in [0.4, 0.5) is 5.69 Å². The normalized spacial score (nSPS) is 11.3. The number of hydrogen-bond acceptors (Lipinski definition) is 4. The Labute approximate surface area is 121 Å². The van der Waals surface area contributed by atoms with E-state index in [1.54, 1.807) is 0 Å². The van der Waals surface area contributed by atoms with Gasteiger partial charge in [0, 0.05) is 16.6 Å². The second-order valence-electron chi connectivity index (χ2n) is 5.04. The molecule has 0 saturated heterocycles. The topological polar surface area (TPSA) is 64.9 Å². The molecule has 2 aromatic carbocycles. The molecule has 4 aromatic rings. The summed E-state index contributed by atoms with van der Waals surface area (Å²) in [5, 5.41) is 1.02. The Kier molecular flexibility index (Phi) is 2.44. The predicted octanol–water partition coefficient (Wildman–Crippen LogP) is 3.93. The van der Waals surface area contributed by atoms with Crippen LogP contribution < -0.4 is 5.73 Å². The second kappa shape index (κ2) is 4.31. The molecule has 0 aliphatic rings. The summed E-state index contributed by atoms with van der Waals surface area (Å²) in [5.74, 6) is 0.574. The van der Waals surface area contributed by atoms with Crippen LogP contribution in [0.5, 0.6) is 0 Å². The summed E-state index contributed by atoms with van der Waals surface area (Å²) in [6.07, 6.45) is 0. The van der Waals surface area contributed by atoms with Crippen molar-refractivity contribution in [2.24, 2.45) is 0 Å². The number of nitrogen functional groups attached to an aromatic ring is 1. The first kappa shape index (κ1) is 11.9. The molecular formula is C17H13N3O. The molecule has 102 valence electrons. The number of pyridine rings is 1. The summed E-state index contributed by atoms with van der Waals surface area (Å²) in [5.41, 5.74) is 10.8. The van der Waals surface area contributed by atoms with Gasteiger partial charge in [0.15, 0.2) is 5.58 Å². The van der Waals surface area contributed by atoms with E-state index in [0.717, 1.165) is 22.2 Å². The van der Waals surface area contributed by atoms with Crippen LogP contribution in [-0.4, -0.2) is 9.97 Å². The average molecular weight is 275 g/mol. The maximum atomic E-state index is 5.96. The quantitative estimate of drug-likeness (QED) is 0.534. The number of aromatic nitrogens is 2. The highest BCUT2D eigenvalue weighted by atomic mass is 16.3. The van der Waals surface area contributed by atoms with Crippen molar-refractivity contribution in [3.05, 3.63) is 54.2 Å². The highest BCUT2D eigenvalue weighted by molar-refractivity contribution is 5.95. The molecule has 0 spiro atoms. The van der Waals surface area contributed by atoms with E-state index < -0.39 is 0 Å². The third kappa shape index (κ3) is 1.84. The zero-order valence-electron chi connectivity index (χ0n) is 11.5. The first-order valence-electron chi connectivity index (χ1n) is 6.74. The van der Waals surface area contributed by atoms with Gasteiger partial charge >= 0.3 is 0 Å². The van der Waals surface area contributed by atoms with Crippen molar-refractivity contribution in [2.75, 3.05) is 5.73 Å². The van der Waals surface area contributed by atoms with Crippen LogP contribution >= 0.6 is 0 Å². The summed E-state index contributed by atoms with van der Waals surface area (Å²) in [6.45, 7) is 1.97. The van der Waals surface area contributed by atoms with Gasteiger partial charge in [-0.3, -0.25) is 4.98 Å². The number of nitrogens with zero attached hydrogens (tertiary/aromatic N) is 2. The first-order chi connectivity index (χ1) is 10.2. The van der Waals surface area contributed by atoms with Gasteiger partial charge in [0.25, 0.3) is 0 Å². The number of fused-ring (bicyclic) bond motifs is 2. The van der Waals surface area contributed by atoms with Crippen molar-refractivity contribution in [1.82, 2.24) is 9.97 Å². The van der Waals surface area contributed by atoms with Crippen LogP contribution in [0.25, 0.3) is 33.5 Å². The molecule has 4 nitrogen and oxygen atoms in total. The minimum Gasteiger partial charge on any atom is -0.436 e. The summed E-state index contributed by atoms with van der Waals surface area (Å²) in [4.78, 5) is 9.09. The van der Waals surface area contributed by atoms with E-state index in [0.29, 0.717) is 22.7 Å². The summed E-state index contributed by atoms with van der Waals surface area (Å²) < 4.78 is 5.88. The van der Waals surface area contributed by atoms with Gasteiger partial charge < -0.3 is 10.2 Å². The predicted molar refractivity (Wildman–Crippen MR) is 83.9 cm³/mol. The van der Waals surface area contributed by atoms with E-state index in [1.165, 1.54) is 0 Å². The lowest BCUT2D eigenvalue weighted by atomic mass is 10.1. The largest absolute Gasteiger partial charge is 0.436 e. The minimum absolute atomic E-state index is 0.574. The summed E-state index contributed by atoms with van der Waals surface area (Å²) >= 11 is 0. The zero-order valence-corrected chi connectivity index (χ0v) is 11.5. The number of benzene rings is 2. The molecule has 0 atom stereocenters. The number of hydrogen-bond donors (Lipinski definition) is 1. The van der Waals surface area contributed by atoms with Crippen LogP contribution in [-0.2, 0) is 0 Å². The molecule has 21 heavy (non-hydrogen) atoms. The second-order valence-corrected chi connectivity index (χ2v) is 5.04. The van der Waals surface area contributed by atoms with Crippen molar-refractivity contribution in [3.8, 4) is 11.5 Å². The first-order valence-corrected chi connectivity index (χ1v) is 6.74. The monoisotopic (exact) mass is 275 g/mol. The summed E-state index contributed by atoms with van der Waals surface area (Å²) in [6, 6.07) is 15.5. The molecule has 2 aromatic heterocycles. The molecule has 0 aliphatic heterocycles. The highest BCUT2D eigenvalue weighted by Gasteiger charge is 2.13. The van der Waals surface area contributed by atoms with Crippen molar-refractivity contribution in [1.29, 1.82) is 0 Å². The molecule has 0 bridgehead atoms. The third-order valence-corrected chi connectivity index (χ3v) is 3.52. The van der Waals surface area contributed by atoms with Gasteiger partial charge in [0.05, 0.1) is 11.2 Å². The Morgan fingerprint density at radius 1 is 1.00 bits per heavy atom. The molecule has 0 amide bonds.